The number of benzene rings is 2. The Morgan fingerprint density at radius 1 is 1.10 bits per heavy atom. The Hall–Kier alpha value is -3.45. The Labute approximate surface area is 174 Å². The lowest BCUT2D eigenvalue weighted by molar-refractivity contribution is 0.0123. The van der Waals surface area contributed by atoms with E-state index in [1.54, 1.807) is 18.6 Å². The molecule has 0 radical (unpaired) electrons. The van der Waals surface area contributed by atoms with Crippen LogP contribution in [0.25, 0.3) is 27.9 Å². The summed E-state index contributed by atoms with van der Waals surface area (Å²) < 4.78 is 12.4. The molecule has 2 aromatic heterocycles. The number of hydrogen-bond acceptors (Lipinski definition) is 6. The highest BCUT2D eigenvalue weighted by Crippen LogP contribution is 2.32. The van der Waals surface area contributed by atoms with Gasteiger partial charge in [0.2, 0.25) is 0 Å². The number of aromatic nitrogens is 3. The predicted molar refractivity (Wildman–Crippen MR) is 117 cm³/mol. The molecule has 0 aliphatic rings. The second-order valence-corrected chi connectivity index (χ2v) is 7.50. The van der Waals surface area contributed by atoms with E-state index in [1.807, 2.05) is 50.2 Å². The minimum atomic E-state index is -0.547. The van der Waals surface area contributed by atoms with Crippen LogP contribution >= 0.6 is 0 Å². The number of hydrogen-bond donors (Lipinski definition) is 1. The second-order valence-electron chi connectivity index (χ2n) is 7.50. The van der Waals surface area contributed by atoms with E-state index in [0.29, 0.717) is 16.7 Å². The Morgan fingerprint density at radius 2 is 1.73 bits per heavy atom. The van der Waals surface area contributed by atoms with Crippen LogP contribution in [0.2, 0.25) is 0 Å². The van der Waals surface area contributed by atoms with Crippen LogP contribution in [0, 0.1) is 13.8 Å². The highest BCUT2D eigenvalue weighted by atomic mass is 16.6. The normalized spacial score (nSPS) is 12.4. The van der Waals surface area contributed by atoms with Gasteiger partial charge in [0, 0.05) is 12.8 Å². The number of aryl methyl sites for hydroxylation is 2. The van der Waals surface area contributed by atoms with E-state index in [0.717, 1.165) is 22.3 Å². The van der Waals surface area contributed by atoms with Gasteiger partial charge in [-0.1, -0.05) is 18.2 Å². The molecular formula is C23H24N4O3. The molecule has 154 valence electrons. The topological polar surface area (TPSA) is 92.3 Å². The average Bonchev–Trinajstić information content (AvgIpc) is 2.96. The molecule has 0 aliphatic heterocycles. The number of methoxy groups -OCH3 is 1. The summed E-state index contributed by atoms with van der Waals surface area (Å²) in [4.78, 5) is 22.5. The van der Waals surface area contributed by atoms with Gasteiger partial charge >= 0.3 is 5.97 Å². The minimum Gasteiger partial charge on any atom is -0.456 e. The molecule has 2 N–H and O–H groups in total. The van der Waals surface area contributed by atoms with Crippen LogP contribution in [0.5, 0.6) is 0 Å². The third-order valence-electron chi connectivity index (χ3n) is 4.88. The first-order valence-electron chi connectivity index (χ1n) is 9.74. The van der Waals surface area contributed by atoms with Gasteiger partial charge < -0.3 is 15.2 Å². The Bertz CT molecular complexity index is 1240. The molecule has 2 aromatic carbocycles. The zero-order valence-corrected chi connectivity index (χ0v) is 17.5. The van der Waals surface area contributed by atoms with E-state index >= 15 is 0 Å². The van der Waals surface area contributed by atoms with Gasteiger partial charge in [-0.15, -0.1) is 0 Å². The van der Waals surface area contributed by atoms with Gasteiger partial charge in [-0.3, -0.25) is 4.57 Å². The molecule has 0 saturated carbocycles. The number of carbonyl (C=O) groups is 1. The van der Waals surface area contributed by atoms with Gasteiger partial charge in [-0.2, -0.15) is 0 Å². The van der Waals surface area contributed by atoms with E-state index in [9.17, 15) is 4.79 Å². The maximum Gasteiger partial charge on any atom is 0.344 e. The first-order valence-corrected chi connectivity index (χ1v) is 9.74. The lowest BCUT2D eigenvalue weighted by atomic mass is 10.1. The summed E-state index contributed by atoms with van der Waals surface area (Å²) in [6.45, 7) is 6.08. The first kappa shape index (κ1) is 19.8. The van der Waals surface area contributed by atoms with Crippen molar-refractivity contribution in [2.45, 2.75) is 26.9 Å². The fourth-order valence-electron chi connectivity index (χ4n) is 3.71. The predicted octanol–water partition coefficient (Wildman–Crippen LogP) is 3.96. The smallest absolute Gasteiger partial charge is 0.344 e. The molecule has 30 heavy (non-hydrogen) atoms. The summed E-state index contributed by atoms with van der Waals surface area (Å²) in [5.74, 6) is -0.297. The fourth-order valence-corrected chi connectivity index (χ4v) is 3.71. The van der Waals surface area contributed by atoms with Crippen molar-refractivity contribution in [2.75, 3.05) is 19.5 Å². The van der Waals surface area contributed by atoms with Crippen molar-refractivity contribution in [3.63, 3.8) is 0 Å². The second kappa shape index (κ2) is 7.76. The molecule has 4 aromatic rings. The Morgan fingerprint density at radius 3 is 2.37 bits per heavy atom. The van der Waals surface area contributed by atoms with Crippen molar-refractivity contribution in [1.82, 2.24) is 14.5 Å². The van der Waals surface area contributed by atoms with Crippen molar-refractivity contribution in [1.29, 1.82) is 0 Å². The lowest BCUT2D eigenvalue weighted by Crippen LogP contribution is -2.20. The summed E-state index contributed by atoms with van der Waals surface area (Å²) in [5, 5.41) is 0. The molecule has 0 spiro atoms. The molecule has 0 saturated heterocycles. The number of para-hydroxylation sites is 2. The molecule has 2 heterocycles. The van der Waals surface area contributed by atoms with Crippen LogP contribution in [-0.2, 0) is 9.47 Å². The van der Waals surface area contributed by atoms with Gasteiger partial charge in [0.25, 0.3) is 0 Å². The molecule has 7 nitrogen and oxygen atoms in total. The highest BCUT2D eigenvalue weighted by molar-refractivity contribution is 6.09. The lowest BCUT2D eigenvalue weighted by Gasteiger charge is -2.12. The van der Waals surface area contributed by atoms with Crippen LogP contribution in [-0.4, -0.2) is 40.3 Å². The van der Waals surface area contributed by atoms with Crippen LogP contribution in [0.1, 0.15) is 28.4 Å². The number of fused-ring (bicyclic) bond motifs is 2. The van der Waals surface area contributed by atoms with Gasteiger partial charge in [-0.25, -0.2) is 14.8 Å². The molecule has 0 aliphatic carbocycles. The van der Waals surface area contributed by atoms with E-state index in [2.05, 4.69) is 6.07 Å². The van der Waals surface area contributed by atoms with Crippen molar-refractivity contribution >= 4 is 34.0 Å². The van der Waals surface area contributed by atoms with Crippen LogP contribution in [0.15, 0.2) is 42.5 Å². The number of nitrogens with two attached hydrogens (primary N) is 1. The van der Waals surface area contributed by atoms with E-state index in [-0.39, 0.29) is 18.0 Å². The van der Waals surface area contributed by atoms with Crippen molar-refractivity contribution in [2.24, 2.45) is 0 Å². The third-order valence-corrected chi connectivity index (χ3v) is 4.88. The number of nitrogen functional groups attached to an aromatic ring is 1. The van der Waals surface area contributed by atoms with E-state index < -0.39 is 12.1 Å². The van der Waals surface area contributed by atoms with Gasteiger partial charge in [0.05, 0.1) is 17.6 Å². The number of esters is 1. The van der Waals surface area contributed by atoms with Crippen molar-refractivity contribution in [3.8, 4) is 5.69 Å². The van der Waals surface area contributed by atoms with Crippen molar-refractivity contribution in [3.05, 3.63) is 59.2 Å². The maximum absolute atomic E-state index is 13.0. The zero-order valence-electron chi connectivity index (χ0n) is 17.5. The average molecular weight is 404 g/mol. The Kier molecular flexibility index (Phi) is 5.13. The van der Waals surface area contributed by atoms with Crippen LogP contribution < -0.4 is 5.73 Å². The molecule has 0 fully saturated rings. The van der Waals surface area contributed by atoms with Gasteiger partial charge in [0.1, 0.15) is 23.0 Å². The molecule has 7 heteroatoms. The summed E-state index contributed by atoms with van der Waals surface area (Å²) in [6.07, 6.45) is -0.421. The molecule has 0 amide bonds. The number of anilines is 1. The van der Waals surface area contributed by atoms with E-state index in [4.69, 9.17) is 25.2 Å². The summed E-state index contributed by atoms with van der Waals surface area (Å²) in [5.41, 5.74) is 12.0. The zero-order chi connectivity index (χ0) is 21.4. The molecule has 4 rings (SSSR count). The monoisotopic (exact) mass is 404 g/mol. The maximum atomic E-state index is 13.0. The standard InChI is InChI=1S/C23H24N4O3/c1-13-9-14(2)11-16(10-13)27-21(24)19(23(28)30-15(3)12-29-4)20-22(27)26-18-8-6-5-7-17(18)25-20/h5-11,15H,12,24H2,1-4H3/t15-/m1/s1. The van der Waals surface area contributed by atoms with Gasteiger partial charge in [0.15, 0.2) is 5.65 Å². The largest absolute Gasteiger partial charge is 0.456 e. The Balaban J connectivity index is 2.00. The highest BCUT2D eigenvalue weighted by Gasteiger charge is 2.27. The molecule has 0 bridgehead atoms. The minimum absolute atomic E-state index is 0.213. The number of ether oxygens (including phenoxy) is 2. The quantitative estimate of drug-likeness (QED) is 0.506. The van der Waals surface area contributed by atoms with Crippen LogP contribution in [0.4, 0.5) is 5.82 Å². The SMILES string of the molecule is COC[C@@H](C)OC(=O)c1c(N)n(-c2cc(C)cc(C)c2)c2nc3ccccc3nc12. The molecule has 1 atom stereocenters. The summed E-state index contributed by atoms with van der Waals surface area (Å²) in [6, 6.07) is 13.6. The number of nitrogens with zero attached hydrogens (tertiary/aromatic N) is 3. The fraction of sp³-hybridized carbons (Fsp3) is 0.261. The van der Waals surface area contributed by atoms with Gasteiger partial charge in [-0.05, 0) is 56.2 Å². The van der Waals surface area contributed by atoms with E-state index in [1.165, 1.54) is 0 Å². The number of carbonyl (C=O) groups excluding carboxylic acids is 1. The molecule has 0 unspecified atom stereocenters. The van der Waals surface area contributed by atoms with Crippen molar-refractivity contribution < 1.29 is 14.3 Å². The summed E-state index contributed by atoms with van der Waals surface area (Å²) in [7, 11) is 1.56. The third kappa shape index (κ3) is 3.48. The number of rotatable bonds is 5. The van der Waals surface area contributed by atoms with Crippen LogP contribution in [0.3, 0.4) is 0 Å². The molecular weight excluding hydrogens is 380 g/mol. The summed E-state index contributed by atoms with van der Waals surface area (Å²) >= 11 is 0. The first-order chi connectivity index (χ1) is 14.4.